The second kappa shape index (κ2) is 6.80. The van der Waals surface area contributed by atoms with Crippen LogP contribution in [-0.4, -0.2) is 28.3 Å². The summed E-state index contributed by atoms with van der Waals surface area (Å²) in [4.78, 5) is 27.4. The number of hydrogen-bond donors (Lipinski definition) is 1. The van der Waals surface area contributed by atoms with Crippen LogP contribution in [0.3, 0.4) is 0 Å². The molecule has 2 aromatic carbocycles. The largest absolute Gasteiger partial charge is 0.349 e. The molecule has 0 aliphatic carbocycles. The molecule has 3 atom stereocenters. The summed E-state index contributed by atoms with van der Waals surface area (Å²) in [6, 6.07) is 15.1. The van der Waals surface area contributed by atoms with E-state index in [0.29, 0.717) is 30.4 Å². The average Bonchev–Trinajstić information content (AvgIpc) is 2.85. The number of nitrogens with one attached hydrogen (secondary N) is 1. The number of halogens is 1. The molecular formula is C22H23FN2O2. The first-order valence-electron chi connectivity index (χ1n) is 9.43. The zero-order valence-electron chi connectivity index (χ0n) is 15.3. The number of amides is 2. The molecule has 2 aliphatic heterocycles. The minimum absolute atomic E-state index is 0.00120. The van der Waals surface area contributed by atoms with Gasteiger partial charge >= 0.3 is 0 Å². The van der Waals surface area contributed by atoms with E-state index in [1.807, 2.05) is 25.1 Å². The van der Waals surface area contributed by atoms with Crippen molar-refractivity contribution in [3.63, 3.8) is 0 Å². The maximum atomic E-state index is 14.6. The van der Waals surface area contributed by atoms with Gasteiger partial charge in [0.2, 0.25) is 5.91 Å². The summed E-state index contributed by atoms with van der Waals surface area (Å²) in [5.41, 5.74) is 0.523. The lowest BCUT2D eigenvalue weighted by atomic mass is 9.88. The van der Waals surface area contributed by atoms with Crippen molar-refractivity contribution in [2.45, 2.75) is 50.2 Å². The van der Waals surface area contributed by atoms with Crippen LogP contribution in [0.2, 0.25) is 0 Å². The van der Waals surface area contributed by atoms with Gasteiger partial charge in [-0.3, -0.25) is 9.59 Å². The minimum atomic E-state index is -0.565. The Kier molecular flexibility index (Phi) is 4.46. The van der Waals surface area contributed by atoms with Gasteiger partial charge in [-0.05, 0) is 44.4 Å². The van der Waals surface area contributed by atoms with Gasteiger partial charge in [0.15, 0.2) is 0 Å². The highest BCUT2D eigenvalue weighted by atomic mass is 19.1. The van der Waals surface area contributed by atoms with Crippen molar-refractivity contribution in [2.24, 2.45) is 0 Å². The highest BCUT2D eigenvalue weighted by molar-refractivity contribution is 5.95. The van der Waals surface area contributed by atoms with Crippen LogP contribution in [0.1, 0.15) is 54.6 Å². The molecule has 5 heteroatoms. The Morgan fingerprint density at radius 1 is 1.15 bits per heavy atom. The number of carbonyl (C=O) groups excluding carboxylic acids is 2. The fraction of sp³-hybridized carbons (Fsp3) is 0.364. The number of hydrogen-bond acceptors (Lipinski definition) is 2. The molecule has 27 heavy (non-hydrogen) atoms. The fourth-order valence-electron chi connectivity index (χ4n) is 4.61. The molecule has 140 valence electrons. The van der Waals surface area contributed by atoms with Crippen molar-refractivity contribution in [1.82, 2.24) is 10.2 Å². The van der Waals surface area contributed by atoms with Crippen LogP contribution in [0.4, 0.5) is 4.39 Å². The molecule has 2 fully saturated rings. The lowest BCUT2D eigenvalue weighted by Gasteiger charge is -2.35. The van der Waals surface area contributed by atoms with Crippen LogP contribution in [0.25, 0.3) is 0 Å². The first-order chi connectivity index (χ1) is 13.0. The maximum Gasteiger partial charge on any atom is 0.254 e. The summed E-state index contributed by atoms with van der Waals surface area (Å²) in [7, 11) is 0. The second-order valence-electron chi connectivity index (χ2n) is 7.69. The Bertz CT molecular complexity index is 870. The van der Waals surface area contributed by atoms with Gasteiger partial charge in [-0.2, -0.15) is 0 Å². The van der Waals surface area contributed by atoms with E-state index >= 15 is 0 Å². The topological polar surface area (TPSA) is 49.4 Å². The molecule has 4 nitrogen and oxygen atoms in total. The van der Waals surface area contributed by atoms with Crippen LogP contribution < -0.4 is 5.32 Å². The maximum absolute atomic E-state index is 14.6. The molecule has 2 aromatic rings. The molecule has 0 bridgehead atoms. The first-order valence-corrected chi connectivity index (χ1v) is 9.43. The van der Waals surface area contributed by atoms with Crippen molar-refractivity contribution in [2.75, 3.05) is 0 Å². The summed E-state index contributed by atoms with van der Waals surface area (Å²) in [6.45, 7) is 1.98. The Hall–Kier alpha value is -2.69. The Balaban J connectivity index is 1.80. The minimum Gasteiger partial charge on any atom is -0.349 e. The third-order valence-corrected chi connectivity index (χ3v) is 5.85. The number of likely N-dealkylation sites (tertiary alicyclic amines) is 1. The van der Waals surface area contributed by atoms with Gasteiger partial charge in [0.25, 0.3) is 5.91 Å². The predicted octanol–water partition coefficient (Wildman–Crippen LogP) is 3.84. The van der Waals surface area contributed by atoms with Crippen molar-refractivity contribution in [3.8, 4) is 0 Å². The molecule has 2 heterocycles. The predicted molar refractivity (Wildman–Crippen MR) is 101 cm³/mol. The van der Waals surface area contributed by atoms with Crippen LogP contribution in [0.5, 0.6) is 0 Å². The molecule has 0 radical (unpaired) electrons. The van der Waals surface area contributed by atoms with E-state index in [-0.39, 0.29) is 23.7 Å². The third-order valence-electron chi connectivity index (χ3n) is 5.85. The highest BCUT2D eigenvalue weighted by Gasteiger charge is 2.53. The third kappa shape index (κ3) is 3.11. The number of carbonyl (C=O) groups is 2. The lowest BCUT2D eigenvalue weighted by molar-refractivity contribution is -0.122. The Morgan fingerprint density at radius 3 is 2.59 bits per heavy atom. The number of fused-ring (bicyclic) bond motifs is 1. The van der Waals surface area contributed by atoms with E-state index in [1.165, 1.54) is 6.07 Å². The molecule has 0 aromatic heterocycles. The van der Waals surface area contributed by atoms with Crippen LogP contribution in [-0.2, 0) is 4.79 Å². The van der Waals surface area contributed by atoms with E-state index in [9.17, 15) is 14.0 Å². The summed E-state index contributed by atoms with van der Waals surface area (Å²) >= 11 is 0. The van der Waals surface area contributed by atoms with Gasteiger partial charge in [0.1, 0.15) is 5.82 Å². The summed E-state index contributed by atoms with van der Waals surface area (Å²) in [5, 5.41) is 3.12. The number of benzene rings is 2. The van der Waals surface area contributed by atoms with E-state index in [1.54, 1.807) is 35.2 Å². The van der Waals surface area contributed by atoms with Crippen molar-refractivity contribution in [1.29, 1.82) is 0 Å². The lowest BCUT2D eigenvalue weighted by Crippen LogP contribution is -2.53. The highest BCUT2D eigenvalue weighted by Crippen LogP contribution is 2.46. The molecule has 2 aliphatic rings. The summed E-state index contributed by atoms with van der Waals surface area (Å²) in [5.74, 6) is -0.435. The second-order valence-corrected chi connectivity index (χ2v) is 7.69. The molecule has 4 rings (SSSR count). The summed E-state index contributed by atoms with van der Waals surface area (Å²) < 4.78 is 14.6. The monoisotopic (exact) mass is 366 g/mol. The van der Waals surface area contributed by atoms with Gasteiger partial charge in [-0.1, -0.05) is 36.4 Å². The zero-order valence-corrected chi connectivity index (χ0v) is 15.3. The zero-order chi connectivity index (χ0) is 19.0. The van der Waals surface area contributed by atoms with Gasteiger partial charge in [0, 0.05) is 17.5 Å². The summed E-state index contributed by atoms with van der Waals surface area (Å²) in [6.07, 6.45) is 2.40. The number of rotatable bonds is 2. The van der Waals surface area contributed by atoms with Gasteiger partial charge in [-0.25, -0.2) is 4.39 Å². The number of nitrogens with zero attached hydrogens (tertiary/aromatic N) is 1. The average molecular weight is 366 g/mol. The van der Waals surface area contributed by atoms with Crippen molar-refractivity contribution < 1.29 is 14.0 Å². The Labute approximate surface area is 158 Å². The molecule has 2 saturated heterocycles. The molecule has 0 unspecified atom stereocenters. The molecular weight excluding hydrogens is 343 g/mol. The van der Waals surface area contributed by atoms with Gasteiger partial charge < -0.3 is 10.2 Å². The van der Waals surface area contributed by atoms with E-state index < -0.39 is 11.6 Å². The van der Waals surface area contributed by atoms with Crippen LogP contribution in [0.15, 0.2) is 54.6 Å². The van der Waals surface area contributed by atoms with E-state index in [2.05, 4.69) is 5.32 Å². The first kappa shape index (κ1) is 17.7. The van der Waals surface area contributed by atoms with Gasteiger partial charge in [0.05, 0.1) is 17.6 Å². The normalized spacial score (nSPS) is 27.6. The fourth-order valence-corrected chi connectivity index (χ4v) is 4.61. The van der Waals surface area contributed by atoms with Gasteiger partial charge in [-0.15, -0.1) is 0 Å². The quantitative estimate of drug-likeness (QED) is 0.878. The van der Waals surface area contributed by atoms with E-state index in [4.69, 9.17) is 0 Å². The molecule has 0 saturated carbocycles. The van der Waals surface area contributed by atoms with Crippen LogP contribution >= 0.6 is 0 Å². The van der Waals surface area contributed by atoms with E-state index in [0.717, 1.165) is 6.42 Å². The van der Waals surface area contributed by atoms with Crippen LogP contribution in [0, 0.1) is 5.82 Å². The molecule has 2 amide bonds. The van der Waals surface area contributed by atoms with Crippen molar-refractivity contribution in [3.05, 3.63) is 71.5 Å². The molecule has 0 spiro atoms. The SMILES string of the molecule is C[C@]12C[C@@H](c3ccccc3F)N(C(=O)c3ccccc3)[C@H]1CCCC(=O)N2. The standard InChI is InChI=1S/C22H23FN2O2/c1-22-14-18(16-10-5-6-11-17(16)23)25(19(22)12-7-13-20(26)24-22)21(27)15-8-3-2-4-9-15/h2-6,8-11,18-19H,7,12-14H2,1H3,(H,24,26)/t18-,19-,22-/m0/s1. The smallest absolute Gasteiger partial charge is 0.254 e. The van der Waals surface area contributed by atoms with Crippen molar-refractivity contribution >= 4 is 11.8 Å². The Morgan fingerprint density at radius 2 is 1.85 bits per heavy atom. The molecule has 1 N–H and O–H groups in total.